The van der Waals surface area contributed by atoms with Gasteiger partial charge in [0.25, 0.3) is 5.91 Å². The molecule has 0 bridgehead atoms. The highest BCUT2D eigenvalue weighted by atomic mass is 79.9. The normalized spacial score (nSPS) is 14.8. The molecule has 1 aliphatic heterocycles. The van der Waals surface area contributed by atoms with Crippen molar-refractivity contribution in [1.82, 2.24) is 5.32 Å². The van der Waals surface area contributed by atoms with Crippen molar-refractivity contribution >= 4 is 68.8 Å². The standard InChI is InChI=1S/C20H15BrCl2N2O5/c1-2-29-17(26)10-30-18-14(21)7-11(8-15(18)23)9-16-19(27)25(20(28)24-16)13-5-3-12(22)4-6-13/h3-9H,2,10H2,1H3,(H,24,28)/b16-9+. The van der Waals surface area contributed by atoms with Crippen molar-refractivity contribution < 1.29 is 23.9 Å². The number of anilines is 1. The van der Waals surface area contributed by atoms with Gasteiger partial charge in [-0.2, -0.15) is 0 Å². The van der Waals surface area contributed by atoms with Gasteiger partial charge in [0.05, 0.1) is 21.8 Å². The molecule has 0 unspecified atom stereocenters. The molecule has 7 nitrogen and oxygen atoms in total. The summed E-state index contributed by atoms with van der Waals surface area (Å²) in [6, 6.07) is 8.94. The molecule has 1 heterocycles. The van der Waals surface area contributed by atoms with Crippen molar-refractivity contribution in [1.29, 1.82) is 0 Å². The minimum absolute atomic E-state index is 0.0816. The van der Waals surface area contributed by atoms with E-state index in [1.165, 1.54) is 6.08 Å². The highest BCUT2D eigenvalue weighted by Crippen LogP contribution is 2.35. The van der Waals surface area contributed by atoms with Crippen LogP contribution in [0.1, 0.15) is 12.5 Å². The number of nitrogens with one attached hydrogen (secondary N) is 1. The number of rotatable bonds is 6. The maximum absolute atomic E-state index is 12.7. The first-order valence-corrected chi connectivity index (χ1v) is 10.2. The molecule has 10 heteroatoms. The van der Waals surface area contributed by atoms with Crippen LogP contribution in [0.2, 0.25) is 10.0 Å². The summed E-state index contributed by atoms with van der Waals surface area (Å²) >= 11 is 15.4. The van der Waals surface area contributed by atoms with Crippen LogP contribution >= 0.6 is 39.1 Å². The zero-order valence-corrected chi connectivity index (χ0v) is 18.7. The molecule has 1 saturated heterocycles. The second kappa shape index (κ2) is 9.51. The summed E-state index contributed by atoms with van der Waals surface area (Å²) in [6.07, 6.45) is 1.49. The third kappa shape index (κ3) is 4.95. The number of hydrogen-bond acceptors (Lipinski definition) is 5. The topological polar surface area (TPSA) is 84.9 Å². The third-order valence-corrected chi connectivity index (χ3v) is 5.06. The van der Waals surface area contributed by atoms with Crippen LogP contribution in [-0.4, -0.2) is 31.1 Å². The van der Waals surface area contributed by atoms with Crippen LogP contribution in [0.5, 0.6) is 5.75 Å². The zero-order valence-electron chi connectivity index (χ0n) is 15.6. The van der Waals surface area contributed by atoms with Crippen LogP contribution in [0.15, 0.2) is 46.6 Å². The minimum Gasteiger partial charge on any atom is -0.479 e. The van der Waals surface area contributed by atoms with Gasteiger partial charge in [-0.1, -0.05) is 23.2 Å². The maximum atomic E-state index is 12.7. The first-order valence-electron chi connectivity index (χ1n) is 8.70. The van der Waals surface area contributed by atoms with Crippen LogP contribution in [0.25, 0.3) is 6.08 Å². The Balaban J connectivity index is 1.81. The van der Waals surface area contributed by atoms with Crippen molar-refractivity contribution in [3.8, 4) is 5.75 Å². The molecule has 156 valence electrons. The fourth-order valence-corrected chi connectivity index (χ4v) is 3.78. The van der Waals surface area contributed by atoms with Crippen LogP contribution in [-0.2, 0) is 14.3 Å². The largest absolute Gasteiger partial charge is 0.479 e. The summed E-state index contributed by atoms with van der Waals surface area (Å²) in [4.78, 5) is 37.5. The molecular weight excluding hydrogens is 499 g/mol. The molecule has 30 heavy (non-hydrogen) atoms. The Kier molecular flexibility index (Phi) is 7.02. The first kappa shape index (κ1) is 22.1. The SMILES string of the molecule is CCOC(=O)COc1c(Cl)cc(/C=C2/NC(=O)N(c3ccc(Cl)cc3)C2=O)cc1Br. The number of urea groups is 1. The molecular formula is C20H15BrCl2N2O5. The van der Waals surface area contributed by atoms with E-state index in [4.69, 9.17) is 32.7 Å². The molecule has 0 aliphatic carbocycles. The lowest BCUT2D eigenvalue weighted by molar-refractivity contribution is -0.145. The Labute approximate surface area is 190 Å². The lowest BCUT2D eigenvalue weighted by Crippen LogP contribution is -2.30. The molecule has 0 spiro atoms. The Morgan fingerprint density at radius 3 is 2.53 bits per heavy atom. The minimum atomic E-state index is -0.576. The molecule has 0 radical (unpaired) electrons. The van der Waals surface area contributed by atoms with Gasteiger partial charge in [0.15, 0.2) is 12.4 Å². The Morgan fingerprint density at radius 1 is 1.20 bits per heavy atom. The van der Waals surface area contributed by atoms with Crippen molar-refractivity contribution in [2.75, 3.05) is 18.1 Å². The quantitative estimate of drug-likeness (QED) is 0.341. The van der Waals surface area contributed by atoms with Crippen LogP contribution < -0.4 is 15.0 Å². The molecule has 3 rings (SSSR count). The smallest absolute Gasteiger partial charge is 0.344 e. The number of carbonyl (C=O) groups excluding carboxylic acids is 3. The number of benzene rings is 2. The number of amides is 3. The second-order valence-corrected chi connectivity index (χ2v) is 7.71. The van der Waals surface area contributed by atoms with E-state index in [0.29, 0.717) is 20.7 Å². The molecule has 0 aromatic heterocycles. The fraction of sp³-hybridized carbons (Fsp3) is 0.150. The average Bonchev–Trinajstić information content (AvgIpc) is 2.95. The Bertz CT molecular complexity index is 1020. The maximum Gasteiger partial charge on any atom is 0.344 e. The summed E-state index contributed by atoms with van der Waals surface area (Å²) in [6.45, 7) is 1.65. The fourth-order valence-electron chi connectivity index (χ4n) is 2.66. The lowest BCUT2D eigenvalue weighted by Gasteiger charge is -2.11. The molecule has 2 aromatic rings. The van der Waals surface area contributed by atoms with Crippen LogP contribution in [0.4, 0.5) is 10.5 Å². The van der Waals surface area contributed by atoms with Crippen molar-refractivity contribution in [2.45, 2.75) is 6.92 Å². The van der Waals surface area contributed by atoms with Gasteiger partial charge in [-0.25, -0.2) is 14.5 Å². The van der Waals surface area contributed by atoms with Gasteiger partial charge in [0.1, 0.15) is 5.70 Å². The van der Waals surface area contributed by atoms with Gasteiger partial charge >= 0.3 is 12.0 Å². The summed E-state index contributed by atoms with van der Waals surface area (Å²) < 4.78 is 10.7. The van der Waals surface area contributed by atoms with Crippen molar-refractivity contribution in [3.63, 3.8) is 0 Å². The number of carbonyl (C=O) groups is 3. The number of imide groups is 1. The molecule has 0 atom stereocenters. The summed E-state index contributed by atoms with van der Waals surface area (Å²) in [5.41, 5.74) is 1.02. The predicted molar refractivity (Wildman–Crippen MR) is 117 cm³/mol. The highest BCUT2D eigenvalue weighted by Gasteiger charge is 2.34. The summed E-state index contributed by atoms with van der Waals surface area (Å²) in [5, 5.41) is 3.24. The second-order valence-electron chi connectivity index (χ2n) is 6.01. The zero-order chi connectivity index (χ0) is 21.8. The Morgan fingerprint density at radius 2 is 1.90 bits per heavy atom. The third-order valence-electron chi connectivity index (χ3n) is 3.93. The van der Waals surface area contributed by atoms with E-state index in [-0.39, 0.29) is 29.7 Å². The molecule has 1 fully saturated rings. The predicted octanol–water partition coefficient (Wildman–Crippen LogP) is 4.80. The van der Waals surface area contributed by atoms with E-state index >= 15 is 0 Å². The average molecular weight is 514 g/mol. The number of ether oxygens (including phenoxy) is 2. The molecule has 2 aromatic carbocycles. The van der Waals surface area contributed by atoms with Gasteiger partial charge in [-0.05, 0) is 70.9 Å². The van der Waals surface area contributed by atoms with E-state index in [9.17, 15) is 14.4 Å². The van der Waals surface area contributed by atoms with E-state index in [1.54, 1.807) is 43.3 Å². The highest BCUT2D eigenvalue weighted by molar-refractivity contribution is 9.10. The molecule has 0 saturated carbocycles. The van der Waals surface area contributed by atoms with E-state index in [1.807, 2.05) is 0 Å². The monoisotopic (exact) mass is 512 g/mol. The van der Waals surface area contributed by atoms with Crippen molar-refractivity contribution in [3.05, 3.63) is 62.2 Å². The van der Waals surface area contributed by atoms with E-state index in [2.05, 4.69) is 21.2 Å². The lowest BCUT2D eigenvalue weighted by atomic mass is 10.1. The number of esters is 1. The number of halogens is 3. The van der Waals surface area contributed by atoms with Gasteiger partial charge in [0, 0.05) is 5.02 Å². The summed E-state index contributed by atoms with van der Waals surface area (Å²) in [5.74, 6) is -0.776. The number of hydrogen-bond donors (Lipinski definition) is 1. The van der Waals surface area contributed by atoms with Crippen LogP contribution in [0, 0.1) is 0 Å². The van der Waals surface area contributed by atoms with Gasteiger partial charge in [-0.3, -0.25) is 4.79 Å². The van der Waals surface area contributed by atoms with E-state index < -0.39 is 17.9 Å². The number of nitrogens with zero attached hydrogens (tertiary/aromatic N) is 1. The molecule has 3 amide bonds. The van der Waals surface area contributed by atoms with Crippen molar-refractivity contribution in [2.24, 2.45) is 0 Å². The molecule has 1 aliphatic rings. The van der Waals surface area contributed by atoms with E-state index in [0.717, 1.165) is 4.90 Å². The summed E-state index contributed by atoms with van der Waals surface area (Å²) in [7, 11) is 0. The molecule has 1 N–H and O–H groups in total. The Hall–Kier alpha value is -2.55. The van der Waals surface area contributed by atoms with Gasteiger partial charge in [0.2, 0.25) is 0 Å². The van der Waals surface area contributed by atoms with Gasteiger partial charge < -0.3 is 14.8 Å². The first-order chi connectivity index (χ1) is 14.3. The van der Waals surface area contributed by atoms with Gasteiger partial charge in [-0.15, -0.1) is 0 Å². The van der Waals surface area contributed by atoms with Crippen LogP contribution in [0.3, 0.4) is 0 Å².